The Bertz CT molecular complexity index is 201. The molecule has 0 aromatic heterocycles. The van der Waals surface area contributed by atoms with E-state index >= 15 is 0 Å². The van der Waals surface area contributed by atoms with E-state index in [1.807, 2.05) is 0 Å². The van der Waals surface area contributed by atoms with Crippen molar-refractivity contribution in [2.45, 2.75) is 64.1 Å². The van der Waals surface area contributed by atoms with Gasteiger partial charge < -0.3 is 10.5 Å². The van der Waals surface area contributed by atoms with Crippen LogP contribution in [0.4, 0.5) is 0 Å². The maximum atomic E-state index is 6.15. The van der Waals surface area contributed by atoms with Crippen molar-refractivity contribution in [2.75, 3.05) is 20.2 Å². The van der Waals surface area contributed by atoms with E-state index < -0.39 is 0 Å². The molecule has 3 heteroatoms. The zero-order valence-corrected chi connectivity index (χ0v) is 11.3. The van der Waals surface area contributed by atoms with E-state index in [4.69, 9.17) is 10.5 Å². The van der Waals surface area contributed by atoms with Gasteiger partial charge >= 0.3 is 0 Å². The first kappa shape index (κ1) is 13.9. The second-order valence-corrected chi connectivity index (χ2v) is 5.96. The fourth-order valence-corrected chi connectivity index (χ4v) is 2.35. The number of hydrogen-bond acceptors (Lipinski definition) is 3. The van der Waals surface area contributed by atoms with Crippen LogP contribution in [0.25, 0.3) is 0 Å². The number of nitrogens with zero attached hydrogens (tertiary/aromatic N) is 1. The molecule has 0 aromatic carbocycles. The van der Waals surface area contributed by atoms with E-state index in [2.05, 4.69) is 32.7 Å². The molecule has 0 aromatic rings. The second kappa shape index (κ2) is 5.99. The minimum atomic E-state index is -0.0322. The van der Waals surface area contributed by atoms with Gasteiger partial charge in [0.2, 0.25) is 0 Å². The molecule has 0 heterocycles. The van der Waals surface area contributed by atoms with Crippen LogP contribution in [0.3, 0.4) is 0 Å². The van der Waals surface area contributed by atoms with E-state index in [1.54, 1.807) is 0 Å². The van der Waals surface area contributed by atoms with Gasteiger partial charge in [-0.15, -0.1) is 0 Å². The average Bonchev–Trinajstić information content (AvgIpc) is 2.16. The van der Waals surface area contributed by atoms with Crippen LogP contribution < -0.4 is 5.73 Å². The number of rotatable bonds is 4. The maximum absolute atomic E-state index is 6.15. The van der Waals surface area contributed by atoms with Crippen LogP contribution in [0.2, 0.25) is 0 Å². The summed E-state index contributed by atoms with van der Waals surface area (Å²) in [5.74, 6) is 0. The van der Waals surface area contributed by atoms with Crippen LogP contribution >= 0.6 is 0 Å². The van der Waals surface area contributed by atoms with Crippen molar-refractivity contribution in [1.29, 1.82) is 0 Å². The Hall–Kier alpha value is -0.120. The van der Waals surface area contributed by atoms with Gasteiger partial charge in [0.1, 0.15) is 0 Å². The van der Waals surface area contributed by atoms with E-state index in [-0.39, 0.29) is 5.60 Å². The van der Waals surface area contributed by atoms with Crippen molar-refractivity contribution in [1.82, 2.24) is 4.90 Å². The lowest BCUT2D eigenvalue weighted by atomic mass is 9.90. The van der Waals surface area contributed by atoms with Crippen molar-refractivity contribution < 1.29 is 4.74 Å². The molecule has 1 rings (SSSR count). The molecule has 2 unspecified atom stereocenters. The largest absolute Gasteiger partial charge is 0.375 e. The fourth-order valence-electron chi connectivity index (χ4n) is 2.35. The summed E-state index contributed by atoms with van der Waals surface area (Å²) in [4.78, 5) is 2.37. The number of ether oxygens (including phenoxy) is 1. The number of nitrogens with two attached hydrogens (primary N) is 1. The molecule has 0 spiro atoms. The number of hydrogen-bond donors (Lipinski definition) is 1. The lowest BCUT2D eigenvalue weighted by Crippen LogP contribution is -2.49. The lowest BCUT2D eigenvalue weighted by molar-refractivity contribution is -0.0169. The molecule has 0 saturated heterocycles. The third-order valence-electron chi connectivity index (χ3n) is 3.33. The molecule has 2 atom stereocenters. The molecule has 1 aliphatic carbocycles. The zero-order chi connectivity index (χ0) is 12.2. The highest BCUT2D eigenvalue weighted by atomic mass is 16.5. The van der Waals surface area contributed by atoms with E-state index in [0.717, 1.165) is 13.2 Å². The fraction of sp³-hybridized carbons (Fsp3) is 1.00. The molecule has 1 fully saturated rings. The Morgan fingerprint density at radius 2 is 1.88 bits per heavy atom. The molecule has 0 bridgehead atoms. The predicted octanol–water partition coefficient (Wildman–Crippen LogP) is 2.00. The van der Waals surface area contributed by atoms with Crippen LogP contribution in [0.15, 0.2) is 0 Å². The second-order valence-electron chi connectivity index (χ2n) is 5.96. The summed E-state index contributed by atoms with van der Waals surface area (Å²) >= 11 is 0. The lowest BCUT2D eigenvalue weighted by Gasteiger charge is -2.36. The Kier molecular flexibility index (Phi) is 5.22. The van der Waals surface area contributed by atoms with Crippen LogP contribution in [-0.4, -0.2) is 42.8 Å². The summed E-state index contributed by atoms with van der Waals surface area (Å²) in [6, 6.07) is 0.908. The minimum absolute atomic E-state index is 0.0322. The monoisotopic (exact) mass is 228 g/mol. The van der Waals surface area contributed by atoms with Crippen LogP contribution in [-0.2, 0) is 4.74 Å². The molecule has 0 aliphatic heterocycles. The van der Waals surface area contributed by atoms with Gasteiger partial charge in [0.05, 0.1) is 12.2 Å². The Morgan fingerprint density at radius 1 is 1.25 bits per heavy atom. The Labute approximate surface area is 100 Å². The van der Waals surface area contributed by atoms with Crippen LogP contribution in [0, 0.1) is 0 Å². The van der Waals surface area contributed by atoms with Gasteiger partial charge in [-0.3, -0.25) is 4.90 Å². The molecule has 0 radical (unpaired) electrons. The summed E-state index contributed by atoms with van der Waals surface area (Å²) < 4.78 is 5.74. The van der Waals surface area contributed by atoms with E-state index in [0.29, 0.717) is 12.1 Å². The van der Waals surface area contributed by atoms with Gasteiger partial charge in [-0.1, -0.05) is 12.8 Å². The highest BCUT2D eigenvalue weighted by Gasteiger charge is 2.25. The highest BCUT2D eigenvalue weighted by Crippen LogP contribution is 2.20. The average molecular weight is 228 g/mol. The Balaban J connectivity index is 2.25. The standard InChI is InChI=1S/C13H28N2O/c1-13(2,3)16-10-9-15(4)12-8-6-5-7-11(12)14/h11-12H,5-10,14H2,1-4H3. The van der Waals surface area contributed by atoms with Gasteiger partial charge in [0.15, 0.2) is 0 Å². The first-order valence-electron chi connectivity index (χ1n) is 6.50. The van der Waals surface area contributed by atoms with Gasteiger partial charge in [-0.25, -0.2) is 0 Å². The Morgan fingerprint density at radius 3 is 2.44 bits per heavy atom. The SMILES string of the molecule is CN(CCOC(C)(C)C)C1CCCCC1N. The number of likely N-dealkylation sites (N-methyl/N-ethyl adjacent to an activating group) is 1. The molecule has 16 heavy (non-hydrogen) atoms. The van der Waals surface area contributed by atoms with Gasteiger partial charge in [-0.2, -0.15) is 0 Å². The molecule has 2 N–H and O–H groups in total. The summed E-state index contributed by atoms with van der Waals surface area (Å²) in [6.07, 6.45) is 5.04. The predicted molar refractivity (Wildman–Crippen MR) is 68.6 cm³/mol. The summed E-state index contributed by atoms with van der Waals surface area (Å²) in [5, 5.41) is 0. The smallest absolute Gasteiger partial charge is 0.0600 e. The van der Waals surface area contributed by atoms with Crippen molar-refractivity contribution >= 4 is 0 Å². The third kappa shape index (κ3) is 4.81. The normalized spacial score (nSPS) is 27.4. The summed E-state index contributed by atoms with van der Waals surface area (Å²) in [6.45, 7) is 8.07. The topological polar surface area (TPSA) is 38.5 Å². The maximum Gasteiger partial charge on any atom is 0.0600 e. The molecular weight excluding hydrogens is 200 g/mol. The van der Waals surface area contributed by atoms with E-state index in [1.165, 1.54) is 25.7 Å². The van der Waals surface area contributed by atoms with Crippen LogP contribution in [0.5, 0.6) is 0 Å². The van der Waals surface area contributed by atoms with Gasteiger partial charge in [0, 0.05) is 18.6 Å². The first-order valence-corrected chi connectivity index (χ1v) is 6.50. The summed E-state index contributed by atoms with van der Waals surface area (Å²) in [7, 11) is 2.17. The first-order chi connectivity index (χ1) is 7.40. The molecule has 96 valence electrons. The third-order valence-corrected chi connectivity index (χ3v) is 3.33. The van der Waals surface area contributed by atoms with Crippen molar-refractivity contribution in [2.24, 2.45) is 5.73 Å². The van der Waals surface area contributed by atoms with Gasteiger partial charge in [-0.05, 0) is 40.7 Å². The molecule has 1 saturated carbocycles. The molecule has 1 aliphatic rings. The van der Waals surface area contributed by atoms with Crippen LogP contribution in [0.1, 0.15) is 46.5 Å². The van der Waals surface area contributed by atoms with Crippen molar-refractivity contribution in [3.8, 4) is 0 Å². The van der Waals surface area contributed by atoms with E-state index in [9.17, 15) is 0 Å². The quantitative estimate of drug-likeness (QED) is 0.800. The minimum Gasteiger partial charge on any atom is -0.375 e. The van der Waals surface area contributed by atoms with Crippen molar-refractivity contribution in [3.63, 3.8) is 0 Å². The molecular formula is C13H28N2O. The molecule has 3 nitrogen and oxygen atoms in total. The molecule has 0 amide bonds. The zero-order valence-electron chi connectivity index (χ0n) is 11.3. The van der Waals surface area contributed by atoms with Crippen molar-refractivity contribution in [3.05, 3.63) is 0 Å². The highest BCUT2D eigenvalue weighted by molar-refractivity contribution is 4.84. The van der Waals surface area contributed by atoms with Gasteiger partial charge in [0.25, 0.3) is 0 Å². The summed E-state index contributed by atoms with van der Waals surface area (Å²) in [5.41, 5.74) is 6.12.